The van der Waals surface area contributed by atoms with Gasteiger partial charge in [-0.3, -0.25) is 4.79 Å². The molecule has 1 aromatic heterocycles. The minimum Gasteiger partial charge on any atom is -0.481 e. The van der Waals surface area contributed by atoms with Crippen LogP contribution in [0.25, 0.3) is 5.57 Å². The summed E-state index contributed by atoms with van der Waals surface area (Å²) in [7, 11) is 2.20. The van der Waals surface area contributed by atoms with E-state index in [0.717, 1.165) is 38.8 Å². The third kappa shape index (κ3) is 3.49. The van der Waals surface area contributed by atoms with E-state index in [9.17, 15) is 4.79 Å². The van der Waals surface area contributed by atoms with Crippen LogP contribution in [0.4, 0.5) is 0 Å². The second-order valence-electron chi connectivity index (χ2n) is 7.38. The maximum atomic E-state index is 11.0. The monoisotopic (exact) mass is 367 g/mol. The van der Waals surface area contributed by atoms with Crippen molar-refractivity contribution in [3.05, 3.63) is 62.3 Å². The van der Waals surface area contributed by atoms with Crippen LogP contribution in [0.2, 0.25) is 0 Å². The average molecular weight is 368 g/mol. The molecule has 3 nitrogen and oxygen atoms in total. The highest BCUT2D eigenvalue weighted by Crippen LogP contribution is 2.41. The Morgan fingerprint density at radius 3 is 2.65 bits per heavy atom. The first-order valence-corrected chi connectivity index (χ1v) is 10.3. The molecule has 136 valence electrons. The van der Waals surface area contributed by atoms with Gasteiger partial charge < -0.3 is 10.0 Å². The molecule has 1 aromatic carbocycles. The van der Waals surface area contributed by atoms with Gasteiger partial charge >= 0.3 is 5.97 Å². The average Bonchev–Trinajstić information content (AvgIpc) is 2.97. The maximum Gasteiger partial charge on any atom is 0.303 e. The van der Waals surface area contributed by atoms with Crippen LogP contribution in [0.15, 0.2) is 35.9 Å². The molecule has 1 aliphatic heterocycles. The third-order valence-electron chi connectivity index (χ3n) is 5.57. The van der Waals surface area contributed by atoms with Gasteiger partial charge in [-0.2, -0.15) is 0 Å². The van der Waals surface area contributed by atoms with Crippen molar-refractivity contribution >= 4 is 22.9 Å². The minimum atomic E-state index is -0.715. The van der Waals surface area contributed by atoms with Gasteiger partial charge in [-0.25, -0.2) is 0 Å². The molecular weight excluding hydrogens is 342 g/mol. The maximum absolute atomic E-state index is 11.0. The Bertz CT molecular complexity index is 855. The lowest BCUT2D eigenvalue weighted by Gasteiger charge is -2.27. The quantitative estimate of drug-likeness (QED) is 0.875. The molecule has 4 heteroatoms. The van der Waals surface area contributed by atoms with Gasteiger partial charge in [-0.1, -0.05) is 29.8 Å². The SMILES string of the molecule is CN1CCC(=C2c3ccccc3CCc3sc(CCC(=O)O)cc32)CC1. The summed E-state index contributed by atoms with van der Waals surface area (Å²) in [5, 5.41) is 9.02. The number of hydrogen-bond acceptors (Lipinski definition) is 3. The van der Waals surface area contributed by atoms with Gasteiger partial charge in [0.25, 0.3) is 0 Å². The predicted octanol–water partition coefficient (Wildman–Crippen LogP) is 4.39. The van der Waals surface area contributed by atoms with Crippen LogP contribution in [0.1, 0.15) is 45.7 Å². The van der Waals surface area contributed by atoms with Crippen molar-refractivity contribution in [2.24, 2.45) is 0 Å². The number of aryl methyl sites for hydroxylation is 3. The highest BCUT2D eigenvalue weighted by Gasteiger charge is 2.25. The molecule has 0 saturated carbocycles. The number of aliphatic carboxylic acids is 1. The Morgan fingerprint density at radius 1 is 1.12 bits per heavy atom. The molecule has 2 aromatic rings. The van der Waals surface area contributed by atoms with E-state index in [1.54, 1.807) is 5.57 Å². The molecule has 0 bridgehead atoms. The number of fused-ring (bicyclic) bond motifs is 2. The molecule has 2 heterocycles. The summed E-state index contributed by atoms with van der Waals surface area (Å²) < 4.78 is 0. The highest BCUT2D eigenvalue weighted by atomic mass is 32.1. The first-order valence-electron chi connectivity index (χ1n) is 9.44. The van der Waals surface area contributed by atoms with Crippen LogP contribution in [0, 0.1) is 0 Å². The van der Waals surface area contributed by atoms with Crippen molar-refractivity contribution in [3.8, 4) is 0 Å². The fourth-order valence-electron chi connectivity index (χ4n) is 4.13. The van der Waals surface area contributed by atoms with E-state index in [2.05, 4.69) is 42.3 Å². The van der Waals surface area contributed by atoms with Crippen LogP contribution in [-0.2, 0) is 24.1 Å². The summed E-state index contributed by atoms with van der Waals surface area (Å²) in [5.74, 6) is -0.715. The topological polar surface area (TPSA) is 40.5 Å². The predicted molar refractivity (Wildman–Crippen MR) is 107 cm³/mol. The van der Waals surface area contributed by atoms with Gasteiger partial charge in [0.1, 0.15) is 0 Å². The number of piperidine rings is 1. The van der Waals surface area contributed by atoms with Crippen molar-refractivity contribution in [2.75, 3.05) is 20.1 Å². The number of carbonyl (C=O) groups is 1. The Kier molecular flexibility index (Phi) is 4.96. The van der Waals surface area contributed by atoms with Gasteiger partial charge in [0.15, 0.2) is 0 Å². The molecule has 0 atom stereocenters. The molecule has 0 amide bonds. The van der Waals surface area contributed by atoms with Gasteiger partial charge in [0.2, 0.25) is 0 Å². The van der Waals surface area contributed by atoms with E-state index in [1.165, 1.54) is 32.0 Å². The van der Waals surface area contributed by atoms with Gasteiger partial charge in [-0.15, -0.1) is 11.3 Å². The minimum absolute atomic E-state index is 0.215. The Labute approximate surface area is 159 Å². The zero-order valence-electron chi connectivity index (χ0n) is 15.3. The molecule has 1 N–H and O–H groups in total. The summed E-state index contributed by atoms with van der Waals surface area (Å²) in [4.78, 5) is 16.0. The van der Waals surface area contributed by atoms with Crippen LogP contribution < -0.4 is 0 Å². The standard InChI is InChI=1S/C22H25NO2S/c1-23-12-10-16(11-13-23)22-18-5-3-2-4-15(18)6-8-20-19(22)14-17(26-20)7-9-21(24)25/h2-5,14H,6-13H2,1H3,(H,24,25). The van der Waals surface area contributed by atoms with Crippen molar-refractivity contribution in [2.45, 2.75) is 38.5 Å². The summed E-state index contributed by atoms with van der Waals surface area (Å²) in [6.45, 7) is 2.23. The molecule has 1 saturated heterocycles. The number of thiophene rings is 1. The van der Waals surface area contributed by atoms with E-state index in [-0.39, 0.29) is 6.42 Å². The van der Waals surface area contributed by atoms with Gasteiger partial charge in [0.05, 0.1) is 6.42 Å². The molecule has 2 aliphatic rings. The van der Waals surface area contributed by atoms with E-state index in [0.29, 0.717) is 6.42 Å². The summed E-state index contributed by atoms with van der Waals surface area (Å²) in [5.41, 5.74) is 7.23. The van der Waals surface area contributed by atoms with Crippen LogP contribution in [-0.4, -0.2) is 36.1 Å². The second kappa shape index (κ2) is 7.37. The van der Waals surface area contributed by atoms with Crippen molar-refractivity contribution in [1.29, 1.82) is 0 Å². The highest BCUT2D eigenvalue weighted by molar-refractivity contribution is 7.12. The van der Waals surface area contributed by atoms with Crippen molar-refractivity contribution in [3.63, 3.8) is 0 Å². The molecule has 0 radical (unpaired) electrons. The number of nitrogens with zero attached hydrogens (tertiary/aromatic N) is 1. The number of hydrogen-bond donors (Lipinski definition) is 1. The lowest BCUT2D eigenvalue weighted by molar-refractivity contribution is -0.136. The Hall–Kier alpha value is -1.91. The number of carboxylic acid groups (broad SMARTS) is 1. The van der Waals surface area contributed by atoms with E-state index < -0.39 is 5.97 Å². The van der Waals surface area contributed by atoms with Crippen LogP contribution in [0.3, 0.4) is 0 Å². The van der Waals surface area contributed by atoms with Crippen molar-refractivity contribution in [1.82, 2.24) is 4.90 Å². The summed E-state index contributed by atoms with van der Waals surface area (Å²) in [6.07, 6.45) is 5.23. The molecule has 0 unspecified atom stereocenters. The molecule has 1 fully saturated rings. The Morgan fingerprint density at radius 2 is 1.88 bits per heavy atom. The third-order valence-corrected chi connectivity index (χ3v) is 6.82. The summed E-state index contributed by atoms with van der Waals surface area (Å²) >= 11 is 1.82. The van der Waals surface area contributed by atoms with Gasteiger partial charge in [0, 0.05) is 22.8 Å². The first-order chi connectivity index (χ1) is 12.6. The molecular formula is C22H25NO2S. The van der Waals surface area contributed by atoms with E-state index in [1.807, 2.05) is 11.3 Å². The van der Waals surface area contributed by atoms with Crippen LogP contribution in [0.5, 0.6) is 0 Å². The largest absolute Gasteiger partial charge is 0.481 e. The number of rotatable bonds is 3. The normalized spacial score (nSPS) is 17.6. The smallest absolute Gasteiger partial charge is 0.303 e. The number of benzene rings is 1. The molecule has 4 rings (SSSR count). The fraction of sp³-hybridized carbons (Fsp3) is 0.409. The lowest BCUT2D eigenvalue weighted by Crippen LogP contribution is -2.27. The number of likely N-dealkylation sites (tertiary alicyclic amines) is 1. The van der Waals surface area contributed by atoms with Gasteiger partial charge in [-0.05, 0) is 67.5 Å². The van der Waals surface area contributed by atoms with Crippen LogP contribution >= 0.6 is 11.3 Å². The first kappa shape index (κ1) is 17.5. The second-order valence-corrected chi connectivity index (χ2v) is 8.60. The number of carboxylic acids is 1. The molecule has 1 aliphatic carbocycles. The Balaban J connectivity index is 1.80. The fourth-order valence-corrected chi connectivity index (χ4v) is 5.30. The summed E-state index contributed by atoms with van der Waals surface area (Å²) in [6, 6.07) is 11.1. The lowest BCUT2D eigenvalue weighted by atomic mass is 9.87. The zero-order chi connectivity index (χ0) is 18.1. The van der Waals surface area contributed by atoms with E-state index >= 15 is 0 Å². The molecule has 0 spiro atoms. The van der Waals surface area contributed by atoms with E-state index in [4.69, 9.17) is 5.11 Å². The zero-order valence-corrected chi connectivity index (χ0v) is 16.1. The van der Waals surface area contributed by atoms with Crippen molar-refractivity contribution < 1.29 is 9.90 Å². The molecule has 26 heavy (non-hydrogen) atoms.